The Kier molecular flexibility index (Phi) is 1.34. The van der Waals surface area contributed by atoms with E-state index in [1.165, 1.54) is 23.3 Å². The Labute approximate surface area is 66.5 Å². The molecule has 0 N–H and O–H groups in total. The van der Waals surface area contributed by atoms with Crippen LogP contribution in [0, 0.1) is 0 Å². The lowest BCUT2D eigenvalue weighted by atomic mass is 9.99. The third-order valence-corrected chi connectivity index (χ3v) is 2.25. The van der Waals surface area contributed by atoms with Crippen LogP contribution >= 0.6 is 0 Å². The lowest BCUT2D eigenvalue weighted by molar-refractivity contribution is 0.699. The molecule has 58 valence electrons. The predicted molar refractivity (Wildman–Crippen MR) is 45.2 cm³/mol. The smallest absolute Gasteiger partial charge is 0.0565 e. The number of aryl methyl sites for hydroxylation is 1. The molecular formula is C9H12N2. The van der Waals surface area contributed by atoms with Gasteiger partial charge in [-0.2, -0.15) is 5.10 Å². The Morgan fingerprint density at radius 1 is 1.45 bits per heavy atom. The summed E-state index contributed by atoms with van der Waals surface area (Å²) >= 11 is 0. The standard InChI is InChI=1S/C9H12N2/c1-7-3-4-9-8(5-7)6-10-11(9)2/h5-6H,3-4H2,1-2H3. The predicted octanol–water partition coefficient (Wildman–Crippen LogP) is 1.77. The van der Waals surface area contributed by atoms with Crippen LogP contribution in [0.4, 0.5) is 0 Å². The molecule has 0 amide bonds. The van der Waals surface area contributed by atoms with Gasteiger partial charge in [0.25, 0.3) is 0 Å². The second-order valence-electron chi connectivity index (χ2n) is 3.16. The normalized spacial score (nSPS) is 16.0. The van der Waals surface area contributed by atoms with E-state index >= 15 is 0 Å². The van der Waals surface area contributed by atoms with E-state index in [0.717, 1.165) is 6.42 Å². The van der Waals surface area contributed by atoms with Crippen molar-refractivity contribution in [3.8, 4) is 0 Å². The van der Waals surface area contributed by atoms with Crippen LogP contribution in [0.1, 0.15) is 24.6 Å². The fraction of sp³-hybridized carbons (Fsp3) is 0.444. The van der Waals surface area contributed by atoms with Gasteiger partial charge in [-0.15, -0.1) is 0 Å². The van der Waals surface area contributed by atoms with Crippen molar-refractivity contribution in [1.82, 2.24) is 9.78 Å². The van der Waals surface area contributed by atoms with Gasteiger partial charge < -0.3 is 0 Å². The average molecular weight is 148 g/mol. The summed E-state index contributed by atoms with van der Waals surface area (Å²) < 4.78 is 1.97. The van der Waals surface area contributed by atoms with Crippen molar-refractivity contribution in [2.75, 3.05) is 0 Å². The highest BCUT2D eigenvalue weighted by molar-refractivity contribution is 5.56. The second kappa shape index (κ2) is 2.22. The first-order valence-electron chi connectivity index (χ1n) is 3.95. The first kappa shape index (κ1) is 6.65. The molecule has 1 heterocycles. The molecule has 0 saturated carbocycles. The molecule has 1 aliphatic carbocycles. The van der Waals surface area contributed by atoms with Gasteiger partial charge in [-0.25, -0.2) is 0 Å². The van der Waals surface area contributed by atoms with Crippen LogP contribution in [0.15, 0.2) is 11.8 Å². The average Bonchev–Trinajstić information content (AvgIpc) is 2.32. The van der Waals surface area contributed by atoms with Crippen molar-refractivity contribution in [1.29, 1.82) is 0 Å². The molecule has 0 radical (unpaired) electrons. The summed E-state index contributed by atoms with van der Waals surface area (Å²) in [6.07, 6.45) is 6.50. The summed E-state index contributed by atoms with van der Waals surface area (Å²) in [6.45, 7) is 2.18. The zero-order chi connectivity index (χ0) is 7.84. The van der Waals surface area contributed by atoms with E-state index in [2.05, 4.69) is 18.1 Å². The highest BCUT2D eigenvalue weighted by Crippen LogP contribution is 2.22. The Balaban J connectivity index is 2.53. The van der Waals surface area contributed by atoms with E-state index in [1.54, 1.807) is 0 Å². The SMILES string of the molecule is CC1=Cc2cnn(C)c2CC1. The molecule has 0 spiro atoms. The molecule has 1 aromatic heterocycles. The molecule has 0 aliphatic heterocycles. The van der Waals surface area contributed by atoms with Crippen LogP contribution in [0.2, 0.25) is 0 Å². The lowest BCUT2D eigenvalue weighted by Gasteiger charge is -2.09. The minimum absolute atomic E-state index is 1.15. The maximum absolute atomic E-state index is 4.20. The van der Waals surface area contributed by atoms with Gasteiger partial charge in [0.05, 0.1) is 6.20 Å². The maximum Gasteiger partial charge on any atom is 0.0565 e. The molecule has 2 nitrogen and oxygen atoms in total. The molecule has 2 rings (SSSR count). The van der Waals surface area contributed by atoms with Crippen molar-refractivity contribution < 1.29 is 0 Å². The van der Waals surface area contributed by atoms with Crippen molar-refractivity contribution in [3.05, 3.63) is 23.0 Å². The fourth-order valence-corrected chi connectivity index (χ4v) is 1.56. The van der Waals surface area contributed by atoms with E-state index in [1.807, 2.05) is 17.9 Å². The highest BCUT2D eigenvalue weighted by atomic mass is 15.3. The summed E-state index contributed by atoms with van der Waals surface area (Å²) in [6, 6.07) is 0. The summed E-state index contributed by atoms with van der Waals surface area (Å²) in [5.41, 5.74) is 4.14. The maximum atomic E-state index is 4.20. The fourth-order valence-electron chi connectivity index (χ4n) is 1.56. The summed E-state index contributed by atoms with van der Waals surface area (Å²) in [4.78, 5) is 0. The molecule has 0 unspecified atom stereocenters. The van der Waals surface area contributed by atoms with Gasteiger partial charge in [0, 0.05) is 18.3 Å². The van der Waals surface area contributed by atoms with Gasteiger partial charge in [-0.05, 0) is 19.8 Å². The molecule has 11 heavy (non-hydrogen) atoms. The summed E-state index contributed by atoms with van der Waals surface area (Å²) in [5.74, 6) is 0. The van der Waals surface area contributed by atoms with E-state index in [9.17, 15) is 0 Å². The molecular weight excluding hydrogens is 136 g/mol. The summed E-state index contributed by atoms with van der Waals surface area (Å²) in [5, 5.41) is 4.20. The Hall–Kier alpha value is -1.05. The third-order valence-electron chi connectivity index (χ3n) is 2.25. The monoisotopic (exact) mass is 148 g/mol. The number of hydrogen-bond donors (Lipinski definition) is 0. The van der Waals surface area contributed by atoms with E-state index < -0.39 is 0 Å². The van der Waals surface area contributed by atoms with Gasteiger partial charge in [-0.1, -0.05) is 11.6 Å². The zero-order valence-corrected chi connectivity index (χ0v) is 6.96. The van der Waals surface area contributed by atoms with E-state index in [4.69, 9.17) is 0 Å². The minimum Gasteiger partial charge on any atom is -0.272 e. The van der Waals surface area contributed by atoms with E-state index in [-0.39, 0.29) is 0 Å². The van der Waals surface area contributed by atoms with Gasteiger partial charge in [0.15, 0.2) is 0 Å². The third kappa shape index (κ3) is 0.985. The zero-order valence-electron chi connectivity index (χ0n) is 6.96. The van der Waals surface area contributed by atoms with Crippen molar-refractivity contribution >= 4 is 6.08 Å². The number of allylic oxidation sites excluding steroid dienone is 1. The lowest BCUT2D eigenvalue weighted by Crippen LogP contribution is -2.02. The molecule has 0 aromatic carbocycles. The highest BCUT2D eigenvalue weighted by Gasteiger charge is 2.10. The molecule has 1 aromatic rings. The Bertz CT molecular complexity index is 307. The largest absolute Gasteiger partial charge is 0.272 e. The molecule has 0 fully saturated rings. The van der Waals surface area contributed by atoms with Gasteiger partial charge >= 0.3 is 0 Å². The van der Waals surface area contributed by atoms with Crippen molar-refractivity contribution in [3.63, 3.8) is 0 Å². The number of nitrogens with zero attached hydrogens (tertiary/aromatic N) is 2. The van der Waals surface area contributed by atoms with E-state index in [0.29, 0.717) is 0 Å². The quantitative estimate of drug-likeness (QED) is 0.548. The van der Waals surface area contributed by atoms with Gasteiger partial charge in [0.2, 0.25) is 0 Å². The number of rotatable bonds is 0. The first-order chi connectivity index (χ1) is 5.27. The number of aromatic nitrogens is 2. The molecule has 0 atom stereocenters. The van der Waals surface area contributed by atoms with Crippen LogP contribution < -0.4 is 0 Å². The Morgan fingerprint density at radius 2 is 2.27 bits per heavy atom. The van der Waals surface area contributed by atoms with Crippen molar-refractivity contribution in [2.24, 2.45) is 7.05 Å². The van der Waals surface area contributed by atoms with Crippen LogP contribution in [0.25, 0.3) is 6.08 Å². The number of fused-ring (bicyclic) bond motifs is 1. The molecule has 2 heteroatoms. The minimum atomic E-state index is 1.15. The Morgan fingerprint density at radius 3 is 3.09 bits per heavy atom. The second-order valence-corrected chi connectivity index (χ2v) is 3.16. The van der Waals surface area contributed by atoms with Crippen LogP contribution in [-0.4, -0.2) is 9.78 Å². The number of hydrogen-bond acceptors (Lipinski definition) is 1. The van der Waals surface area contributed by atoms with Crippen LogP contribution in [0.5, 0.6) is 0 Å². The van der Waals surface area contributed by atoms with Crippen molar-refractivity contribution in [2.45, 2.75) is 19.8 Å². The van der Waals surface area contributed by atoms with Gasteiger partial charge in [0.1, 0.15) is 0 Å². The van der Waals surface area contributed by atoms with Crippen LogP contribution in [0.3, 0.4) is 0 Å². The van der Waals surface area contributed by atoms with Crippen LogP contribution in [-0.2, 0) is 13.5 Å². The summed E-state index contributed by atoms with van der Waals surface area (Å²) in [7, 11) is 2.01. The first-order valence-corrected chi connectivity index (χ1v) is 3.95. The molecule has 0 saturated heterocycles. The van der Waals surface area contributed by atoms with Gasteiger partial charge in [-0.3, -0.25) is 4.68 Å². The molecule has 1 aliphatic rings. The molecule has 0 bridgehead atoms. The topological polar surface area (TPSA) is 17.8 Å².